The molecule has 0 aliphatic carbocycles. The van der Waals surface area contributed by atoms with Crippen molar-refractivity contribution in [3.05, 3.63) is 11.8 Å². The number of nitrogens with zero attached hydrogens (tertiary/aromatic N) is 1. The maximum Gasteiger partial charge on any atom is 0.310 e. The van der Waals surface area contributed by atoms with Crippen LogP contribution in [0.4, 0.5) is 0 Å². The highest BCUT2D eigenvalue weighted by atomic mass is 16.5. The zero-order chi connectivity index (χ0) is 11.1. The van der Waals surface area contributed by atoms with Gasteiger partial charge in [-0.25, -0.2) is 0 Å². The number of aliphatic imine (C=N–C) groups is 1. The molecule has 0 saturated heterocycles. The van der Waals surface area contributed by atoms with Crippen molar-refractivity contribution in [3.63, 3.8) is 0 Å². The lowest BCUT2D eigenvalue weighted by Gasteiger charge is -2.06. The second-order valence-corrected chi connectivity index (χ2v) is 3.19. The van der Waals surface area contributed by atoms with Crippen LogP contribution in [0.3, 0.4) is 0 Å². The molecule has 0 aromatic carbocycles. The van der Waals surface area contributed by atoms with E-state index in [1.807, 2.05) is 6.08 Å². The van der Waals surface area contributed by atoms with Crippen LogP contribution in [-0.4, -0.2) is 36.3 Å². The van der Waals surface area contributed by atoms with Crippen LogP contribution in [0.15, 0.2) is 16.8 Å². The van der Waals surface area contributed by atoms with Crippen LogP contribution >= 0.6 is 0 Å². The van der Waals surface area contributed by atoms with Crippen molar-refractivity contribution in [1.82, 2.24) is 0 Å². The highest BCUT2D eigenvalue weighted by Crippen LogP contribution is 2.06. The Hall–Kier alpha value is -1.49. The quantitative estimate of drug-likeness (QED) is 0.659. The van der Waals surface area contributed by atoms with Crippen LogP contribution < -0.4 is 0 Å². The molecule has 0 spiro atoms. The minimum absolute atomic E-state index is 0.168. The molecule has 0 bridgehead atoms. The number of hydrogen-bond donors (Lipinski definition) is 1. The normalized spacial score (nSPS) is 14.8. The zero-order valence-corrected chi connectivity index (χ0v) is 8.31. The monoisotopic (exact) mass is 211 g/mol. The molecule has 1 rings (SSSR count). The fourth-order valence-electron chi connectivity index (χ4n) is 1.14. The summed E-state index contributed by atoms with van der Waals surface area (Å²) in [6.45, 7) is 0.0982. The Morgan fingerprint density at radius 3 is 2.87 bits per heavy atom. The van der Waals surface area contributed by atoms with Crippen LogP contribution in [-0.2, 0) is 14.3 Å². The summed E-state index contributed by atoms with van der Waals surface area (Å²) in [7, 11) is 0. The zero-order valence-electron chi connectivity index (χ0n) is 8.31. The SMILES string of the molecule is O=C(O)CC(=O)COCC1=CCCC=N1. The van der Waals surface area contributed by atoms with E-state index in [2.05, 4.69) is 4.99 Å². The van der Waals surface area contributed by atoms with Gasteiger partial charge in [-0.05, 0) is 12.8 Å². The fourth-order valence-corrected chi connectivity index (χ4v) is 1.14. The number of aliphatic carboxylic acids is 1. The van der Waals surface area contributed by atoms with Crippen molar-refractivity contribution in [1.29, 1.82) is 0 Å². The van der Waals surface area contributed by atoms with E-state index >= 15 is 0 Å². The van der Waals surface area contributed by atoms with Gasteiger partial charge in [-0.1, -0.05) is 6.08 Å². The summed E-state index contributed by atoms with van der Waals surface area (Å²) in [5, 5.41) is 8.32. The topological polar surface area (TPSA) is 76.0 Å². The number of carbonyl (C=O) groups excluding carboxylic acids is 1. The Labute approximate surface area is 87.5 Å². The van der Waals surface area contributed by atoms with Crippen molar-refractivity contribution in [2.24, 2.45) is 4.99 Å². The van der Waals surface area contributed by atoms with Crippen molar-refractivity contribution in [2.45, 2.75) is 19.3 Å². The van der Waals surface area contributed by atoms with Crippen molar-refractivity contribution >= 4 is 18.0 Å². The summed E-state index contributed by atoms with van der Waals surface area (Å²) in [6, 6.07) is 0. The molecule has 0 unspecified atom stereocenters. The van der Waals surface area contributed by atoms with E-state index in [-0.39, 0.29) is 13.2 Å². The Morgan fingerprint density at radius 2 is 2.27 bits per heavy atom. The smallest absolute Gasteiger partial charge is 0.310 e. The van der Waals surface area contributed by atoms with E-state index in [4.69, 9.17) is 9.84 Å². The van der Waals surface area contributed by atoms with Crippen molar-refractivity contribution in [3.8, 4) is 0 Å². The molecule has 5 heteroatoms. The third-order valence-electron chi connectivity index (χ3n) is 1.79. The molecule has 82 valence electrons. The third kappa shape index (κ3) is 5.07. The second-order valence-electron chi connectivity index (χ2n) is 3.19. The summed E-state index contributed by atoms with van der Waals surface area (Å²) < 4.78 is 5.04. The van der Waals surface area contributed by atoms with Gasteiger partial charge in [0.2, 0.25) is 0 Å². The first-order valence-electron chi connectivity index (χ1n) is 4.71. The van der Waals surface area contributed by atoms with Gasteiger partial charge in [-0.3, -0.25) is 14.6 Å². The number of hydrogen-bond acceptors (Lipinski definition) is 4. The summed E-state index contributed by atoms with van der Waals surface area (Å²) in [5.74, 6) is -1.55. The number of carboxylic acid groups (broad SMARTS) is 1. The van der Waals surface area contributed by atoms with Crippen LogP contribution in [0.5, 0.6) is 0 Å². The predicted octanol–water partition coefficient (Wildman–Crippen LogP) is 0.795. The minimum Gasteiger partial charge on any atom is -0.481 e. The summed E-state index contributed by atoms with van der Waals surface area (Å²) in [5.41, 5.74) is 0.796. The molecular formula is C10H13NO4. The molecule has 0 saturated carbocycles. The lowest BCUT2D eigenvalue weighted by molar-refractivity contribution is -0.141. The lowest BCUT2D eigenvalue weighted by atomic mass is 10.2. The molecule has 1 aliphatic heterocycles. The molecule has 1 aliphatic rings. The number of carboxylic acids is 1. The van der Waals surface area contributed by atoms with Gasteiger partial charge in [0.25, 0.3) is 0 Å². The van der Waals surface area contributed by atoms with E-state index in [9.17, 15) is 9.59 Å². The number of allylic oxidation sites excluding steroid dienone is 1. The molecule has 5 nitrogen and oxygen atoms in total. The van der Waals surface area contributed by atoms with Gasteiger partial charge in [0.15, 0.2) is 5.78 Å². The second kappa shape index (κ2) is 6.08. The number of ketones is 1. The molecule has 1 heterocycles. The van der Waals surface area contributed by atoms with E-state index < -0.39 is 18.2 Å². The Morgan fingerprint density at radius 1 is 1.47 bits per heavy atom. The number of carbonyl (C=O) groups is 2. The Kier molecular flexibility index (Phi) is 4.70. The molecule has 0 amide bonds. The maximum atomic E-state index is 10.9. The van der Waals surface area contributed by atoms with E-state index in [0.29, 0.717) is 0 Å². The lowest BCUT2D eigenvalue weighted by Crippen LogP contribution is -2.14. The largest absolute Gasteiger partial charge is 0.481 e. The van der Waals surface area contributed by atoms with Gasteiger partial charge < -0.3 is 9.84 Å². The van der Waals surface area contributed by atoms with Gasteiger partial charge in [-0.15, -0.1) is 0 Å². The number of rotatable bonds is 6. The van der Waals surface area contributed by atoms with Crippen molar-refractivity contribution in [2.75, 3.05) is 13.2 Å². The fraction of sp³-hybridized carbons (Fsp3) is 0.500. The number of ether oxygens (including phenoxy) is 1. The summed E-state index contributed by atoms with van der Waals surface area (Å²) >= 11 is 0. The molecule has 0 fully saturated rings. The third-order valence-corrected chi connectivity index (χ3v) is 1.79. The van der Waals surface area contributed by atoms with Gasteiger partial charge in [0.1, 0.15) is 13.0 Å². The van der Waals surface area contributed by atoms with Crippen molar-refractivity contribution < 1.29 is 19.4 Å². The minimum atomic E-state index is -1.13. The Balaban J connectivity index is 2.15. The van der Waals surface area contributed by atoms with Crippen LogP contribution in [0.1, 0.15) is 19.3 Å². The maximum absolute atomic E-state index is 10.9. The Bertz CT molecular complexity index is 307. The highest BCUT2D eigenvalue weighted by molar-refractivity contribution is 5.95. The van der Waals surface area contributed by atoms with Crippen LogP contribution in [0, 0.1) is 0 Å². The predicted molar refractivity (Wildman–Crippen MR) is 53.9 cm³/mol. The molecule has 15 heavy (non-hydrogen) atoms. The summed E-state index contributed by atoms with van der Waals surface area (Å²) in [4.78, 5) is 25.2. The standard InChI is InChI=1S/C10H13NO4/c12-9(5-10(13)14)7-15-6-8-3-1-2-4-11-8/h3-4H,1-2,5-7H2,(H,13,14). The average molecular weight is 211 g/mol. The first-order chi connectivity index (χ1) is 7.18. The van der Waals surface area contributed by atoms with Gasteiger partial charge >= 0.3 is 5.97 Å². The van der Waals surface area contributed by atoms with E-state index in [1.54, 1.807) is 6.21 Å². The average Bonchev–Trinajstić information content (AvgIpc) is 2.18. The highest BCUT2D eigenvalue weighted by Gasteiger charge is 2.08. The number of Topliss-reactive ketones (excluding diaryl/α,β-unsaturated/α-hetero) is 1. The van der Waals surface area contributed by atoms with E-state index in [0.717, 1.165) is 18.5 Å². The molecular weight excluding hydrogens is 198 g/mol. The summed E-state index contributed by atoms with van der Waals surface area (Å²) in [6.07, 6.45) is 5.13. The van der Waals surface area contributed by atoms with Gasteiger partial charge in [0.05, 0.1) is 12.3 Å². The molecule has 0 aromatic heterocycles. The van der Waals surface area contributed by atoms with Crippen LogP contribution in [0.25, 0.3) is 0 Å². The van der Waals surface area contributed by atoms with Crippen LogP contribution in [0.2, 0.25) is 0 Å². The molecule has 1 N–H and O–H groups in total. The first-order valence-corrected chi connectivity index (χ1v) is 4.71. The molecule has 0 atom stereocenters. The molecule has 0 radical (unpaired) electrons. The van der Waals surface area contributed by atoms with Gasteiger partial charge in [-0.2, -0.15) is 0 Å². The van der Waals surface area contributed by atoms with E-state index in [1.165, 1.54) is 0 Å². The first kappa shape index (κ1) is 11.6. The van der Waals surface area contributed by atoms with Gasteiger partial charge in [0, 0.05) is 6.21 Å². The molecule has 0 aromatic rings.